The maximum atomic E-state index is 12.4. The van der Waals surface area contributed by atoms with Crippen LogP contribution in [0.5, 0.6) is 0 Å². The third kappa shape index (κ3) is 1.92. The van der Waals surface area contributed by atoms with E-state index >= 15 is 0 Å². The lowest BCUT2D eigenvalue weighted by Crippen LogP contribution is -1.84. The van der Waals surface area contributed by atoms with E-state index in [9.17, 15) is 12.8 Å². The highest BCUT2D eigenvalue weighted by Crippen LogP contribution is 2.12. The molecule has 0 spiro atoms. The molecule has 0 heterocycles. The van der Waals surface area contributed by atoms with Crippen LogP contribution in [0.15, 0.2) is 30.8 Å². The first kappa shape index (κ1) is 8.93. The summed E-state index contributed by atoms with van der Waals surface area (Å²) >= 11 is 0. The predicted octanol–water partition coefficient (Wildman–Crippen LogP) is 1.41. The molecular formula is C8H7FO2S. The van der Waals surface area contributed by atoms with Crippen LogP contribution < -0.4 is 0 Å². The molecule has 1 aromatic carbocycles. The SMILES string of the molecule is C=C(c1ccc(F)cc1)[SH](=O)=O. The average Bonchev–Trinajstić information content (AvgIpc) is 2.04. The fourth-order valence-corrected chi connectivity index (χ4v) is 1.11. The lowest BCUT2D eigenvalue weighted by Gasteiger charge is -1.96. The first-order valence-corrected chi connectivity index (χ1v) is 4.38. The summed E-state index contributed by atoms with van der Waals surface area (Å²) < 4.78 is 33.2. The largest absolute Gasteiger partial charge is 0.227 e. The minimum Gasteiger partial charge on any atom is -0.227 e. The first-order valence-electron chi connectivity index (χ1n) is 3.20. The number of hydrogen-bond donors (Lipinski definition) is 1. The van der Waals surface area contributed by atoms with Crippen LogP contribution >= 0.6 is 0 Å². The van der Waals surface area contributed by atoms with E-state index in [0.29, 0.717) is 5.56 Å². The second kappa shape index (κ2) is 3.49. The molecule has 4 heteroatoms. The van der Waals surface area contributed by atoms with Gasteiger partial charge in [0.1, 0.15) is 5.82 Å². The molecule has 0 aliphatic heterocycles. The van der Waals surface area contributed by atoms with Crippen LogP contribution in [0.3, 0.4) is 0 Å². The van der Waals surface area contributed by atoms with E-state index in [1.165, 1.54) is 24.3 Å². The van der Waals surface area contributed by atoms with Crippen molar-refractivity contribution in [2.45, 2.75) is 0 Å². The molecule has 0 saturated carbocycles. The molecule has 0 aliphatic carbocycles. The minimum atomic E-state index is -2.66. The van der Waals surface area contributed by atoms with Crippen molar-refractivity contribution in [3.05, 3.63) is 42.2 Å². The van der Waals surface area contributed by atoms with Crippen LogP contribution in [-0.4, -0.2) is 8.42 Å². The van der Waals surface area contributed by atoms with Crippen LogP contribution in [0.25, 0.3) is 4.91 Å². The standard InChI is InChI=1S/C8H7FO2S/c1-6(12(10)11)7-2-4-8(9)5-3-7/h2-5,12H,1H2. The predicted molar refractivity (Wildman–Crippen MR) is 45.7 cm³/mol. The topological polar surface area (TPSA) is 34.1 Å². The molecule has 0 amide bonds. The van der Waals surface area contributed by atoms with Gasteiger partial charge in [-0.1, -0.05) is 18.7 Å². The normalized spacial score (nSPS) is 10.2. The molecule has 1 rings (SSSR count). The summed E-state index contributed by atoms with van der Waals surface area (Å²) in [6, 6.07) is 5.14. The summed E-state index contributed by atoms with van der Waals surface area (Å²) in [5.41, 5.74) is 0.424. The molecule has 0 unspecified atom stereocenters. The molecule has 0 radical (unpaired) electrons. The van der Waals surface area contributed by atoms with Crippen molar-refractivity contribution >= 4 is 15.6 Å². The quantitative estimate of drug-likeness (QED) is 0.708. The van der Waals surface area contributed by atoms with Crippen LogP contribution in [0.2, 0.25) is 0 Å². The maximum Gasteiger partial charge on any atom is 0.168 e. The van der Waals surface area contributed by atoms with Crippen LogP contribution in [0.4, 0.5) is 4.39 Å². The van der Waals surface area contributed by atoms with Gasteiger partial charge in [-0.2, -0.15) is 0 Å². The second-order valence-corrected chi connectivity index (χ2v) is 3.26. The third-order valence-corrected chi connectivity index (χ3v) is 2.10. The molecule has 0 bridgehead atoms. The zero-order valence-electron chi connectivity index (χ0n) is 6.16. The molecule has 0 fully saturated rings. The minimum absolute atomic E-state index is 0.00463. The number of rotatable bonds is 2. The van der Waals surface area contributed by atoms with Gasteiger partial charge in [0, 0.05) is 0 Å². The van der Waals surface area contributed by atoms with Gasteiger partial charge in [0.15, 0.2) is 10.7 Å². The Morgan fingerprint density at radius 3 is 2.17 bits per heavy atom. The van der Waals surface area contributed by atoms with Gasteiger partial charge >= 0.3 is 0 Å². The Bertz CT molecular complexity index is 357. The van der Waals surface area contributed by atoms with Crippen molar-refractivity contribution in [3.63, 3.8) is 0 Å². The van der Waals surface area contributed by atoms with E-state index in [2.05, 4.69) is 6.58 Å². The van der Waals surface area contributed by atoms with Crippen molar-refractivity contribution in [2.24, 2.45) is 0 Å². The Hall–Kier alpha value is -1.16. The van der Waals surface area contributed by atoms with E-state index in [1.807, 2.05) is 0 Å². The molecule has 0 N–H and O–H groups in total. The summed E-state index contributed by atoms with van der Waals surface area (Å²) in [6.45, 7) is 3.34. The molecule has 12 heavy (non-hydrogen) atoms. The first-order chi connectivity index (χ1) is 5.61. The Balaban J connectivity index is 3.05. The summed E-state index contributed by atoms with van der Waals surface area (Å²) in [6.07, 6.45) is 0. The lowest BCUT2D eigenvalue weighted by molar-refractivity contribution is 0.622. The number of halogens is 1. The highest BCUT2D eigenvalue weighted by molar-refractivity contribution is 7.82. The number of thiol groups is 1. The van der Waals surface area contributed by atoms with Crippen LogP contribution in [0.1, 0.15) is 5.56 Å². The zero-order chi connectivity index (χ0) is 9.14. The van der Waals surface area contributed by atoms with Gasteiger partial charge in [0.2, 0.25) is 0 Å². The van der Waals surface area contributed by atoms with Gasteiger partial charge in [-0.15, -0.1) is 0 Å². The lowest BCUT2D eigenvalue weighted by atomic mass is 10.2. The average molecular weight is 186 g/mol. The molecule has 2 nitrogen and oxygen atoms in total. The van der Waals surface area contributed by atoms with Gasteiger partial charge in [-0.25, -0.2) is 12.8 Å². The fraction of sp³-hybridized carbons (Fsp3) is 0. The van der Waals surface area contributed by atoms with Crippen LogP contribution in [-0.2, 0) is 10.7 Å². The Morgan fingerprint density at radius 1 is 1.25 bits per heavy atom. The Kier molecular flexibility index (Phi) is 2.60. The molecule has 1 aromatic rings. The molecule has 64 valence electrons. The summed E-state index contributed by atoms with van der Waals surface area (Å²) in [5.74, 6) is -0.396. The monoisotopic (exact) mass is 186 g/mol. The summed E-state index contributed by atoms with van der Waals surface area (Å²) in [5, 5.41) is 0. The van der Waals surface area contributed by atoms with Crippen molar-refractivity contribution in [1.29, 1.82) is 0 Å². The van der Waals surface area contributed by atoms with E-state index in [-0.39, 0.29) is 4.91 Å². The van der Waals surface area contributed by atoms with Crippen molar-refractivity contribution in [3.8, 4) is 0 Å². The Labute approximate surface area is 71.3 Å². The van der Waals surface area contributed by atoms with Gasteiger partial charge in [-0.3, -0.25) is 0 Å². The molecular weight excluding hydrogens is 179 g/mol. The van der Waals surface area contributed by atoms with Gasteiger partial charge in [0.25, 0.3) is 0 Å². The van der Waals surface area contributed by atoms with E-state index in [1.54, 1.807) is 0 Å². The smallest absolute Gasteiger partial charge is 0.168 e. The highest BCUT2D eigenvalue weighted by Gasteiger charge is 1.99. The zero-order valence-corrected chi connectivity index (χ0v) is 7.05. The van der Waals surface area contributed by atoms with Crippen molar-refractivity contribution in [1.82, 2.24) is 0 Å². The maximum absolute atomic E-state index is 12.4. The second-order valence-electron chi connectivity index (χ2n) is 2.21. The number of benzene rings is 1. The molecule has 0 aliphatic rings. The molecule has 0 saturated heterocycles. The van der Waals surface area contributed by atoms with E-state index in [4.69, 9.17) is 0 Å². The number of hydrogen-bond acceptors (Lipinski definition) is 2. The van der Waals surface area contributed by atoms with Gasteiger partial charge in [0.05, 0.1) is 4.91 Å². The fourth-order valence-electron chi connectivity index (χ4n) is 0.748. The summed E-state index contributed by atoms with van der Waals surface area (Å²) in [7, 11) is -2.66. The van der Waals surface area contributed by atoms with Gasteiger partial charge < -0.3 is 0 Å². The highest BCUT2D eigenvalue weighted by atomic mass is 32.2. The third-order valence-electron chi connectivity index (χ3n) is 1.40. The Morgan fingerprint density at radius 2 is 1.75 bits per heavy atom. The summed E-state index contributed by atoms with van der Waals surface area (Å²) in [4.78, 5) is 0.00463. The molecule has 0 atom stereocenters. The van der Waals surface area contributed by atoms with Crippen molar-refractivity contribution < 1.29 is 12.8 Å². The van der Waals surface area contributed by atoms with Gasteiger partial charge in [-0.05, 0) is 17.7 Å². The van der Waals surface area contributed by atoms with Crippen molar-refractivity contribution in [2.75, 3.05) is 0 Å². The molecule has 0 aromatic heterocycles. The van der Waals surface area contributed by atoms with Crippen LogP contribution in [0, 0.1) is 5.82 Å². The van der Waals surface area contributed by atoms with E-state index < -0.39 is 16.5 Å². The van der Waals surface area contributed by atoms with E-state index in [0.717, 1.165) is 0 Å².